The van der Waals surface area contributed by atoms with Gasteiger partial charge < -0.3 is 5.11 Å². The van der Waals surface area contributed by atoms with E-state index in [0.717, 1.165) is 14.6 Å². The molecule has 1 N–H and O–H groups in total. The van der Waals surface area contributed by atoms with Crippen molar-refractivity contribution in [2.24, 2.45) is 0 Å². The lowest BCUT2D eigenvalue weighted by atomic mass is 10.2. The van der Waals surface area contributed by atoms with E-state index in [2.05, 4.69) is 15.9 Å². The van der Waals surface area contributed by atoms with Gasteiger partial charge in [0.25, 0.3) is 0 Å². The summed E-state index contributed by atoms with van der Waals surface area (Å²) in [6.45, 7) is 0. The predicted molar refractivity (Wildman–Crippen MR) is 56.2 cm³/mol. The van der Waals surface area contributed by atoms with Gasteiger partial charge in [-0.2, -0.15) is 0 Å². The van der Waals surface area contributed by atoms with Crippen LogP contribution in [0.4, 0.5) is 0 Å². The van der Waals surface area contributed by atoms with Crippen molar-refractivity contribution in [2.75, 3.05) is 0 Å². The molecule has 4 heteroatoms. The van der Waals surface area contributed by atoms with Crippen LogP contribution in [0.3, 0.4) is 0 Å². The molecule has 1 aromatic heterocycles. The second kappa shape index (κ2) is 2.91. The molecule has 0 bridgehead atoms. The van der Waals surface area contributed by atoms with Crippen molar-refractivity contribution >= 4 is 49.0 Å². The third-order valence-electron chi connectivity index (χ3n) is 1.58. The maximum absolute atomic E-state index is 9.44. The van der Waals surface area contributed by atoms with Crippen molar-refractivity contribution < 1.29 is 5.11 Å². The molecule has 0 aliphatic carbocycles. The second-order valence-electron chi connectivity index (χ2n) is 2.36. The molecule has 0 fully saturated rings. The number of phenolic OH excluding ortho intramolecular Hbond substituents is 1. The summed E-state index contributed by atoms with van der Waals surface area (Å²) in [6.07, 6.45) is 0. The zero-order valence-electron chi connectivity index (χ0n) is 5.84. The molecule has 0 radical (unpaired) electrons. The number of hydrogen-bond donors (Lipinski definition) is 1. The molecule has 0 amide bonds. The molecular formula is C8H4BrClOS. The van der Waals surface area contributed by atoms with Gasteiger partial charge in [0, 0.05) is 9.86 Å². The van der Waals surface area contributed by atoms with E-state index in [4.69, 9.17) is 11.6 Å². The number of halogens is 2. The summed E-state index contributed by atoms with van der Waals surface area (Å²) in [5.41, 5.74) is 0. The molecule has 0 saturated heterocycles. The van der Waals surface area contributed by atoms with Crippen LogP contribution >= 0.6 is 38.9 Å². The van der Waals surface area contributed by atoms with Crippen LogP contribution in [-0.2, 0) is 0 Å². The lowest BCUT2D eigenvalue weighted by Crippen LogP contribution is -1.67. The minimum atomic E-state index is 0.274. The van der Waals surface area contributed by atoms with Crippen LogP contribution in [0.1, 0.15) is 0 Å². The van der Waals surface area contributed by atoms with E-state index in [1.165, 1.54) is 11.3 Å². The van der Waals surface area contributed by atoms with E-state index >= 15 is 0 Å². The third kappa shape index (κ3) is 1.22. The first kappa shape index (κ1) is 8.35. The highest BCUT2D eigenvalue weighted by atomic mass is 79.9. The Balaban J connectivity index is 2.93. The Morgan fingerprint density at radius 1 is 1.42 bits per heavy atom. The van der Waals surface area contributed by atoms with Gasteiger partial charge in [0.05, 0.1) is 9.04 Å². The Kier molecular flexibility index (Phi) is 2.02. The van der Waals surface area contributed by atoms with Gasteiger partial charge in [-0.3, -0.25) is 0 Å². The number of fused-ring (bicyclic) bond motifs is 1. The Morgan fingerprint density at radius 2 is 2.17 bits per heavy atom. The van der Waals surface area contributed by atoms with Crippen LogP contribution in [-0.4, -0.2) is 5.11 Å². The molecular weight excluding hydrogens is 260 g/mol. The van der Waals surface area contributed by atoms with E-state index in [9.17, 15) is 5.11 Å². The molecule has 2 aromatic rings. The van der Waals surface area contributed by atoms with Gasteiger partial charge in [-0.1, -0.05) is 11.6 Å². The van der Waals surface area contributed by atoms with Crippen molar-refractivity contribution in [3.05, 3.63) is 27.0 Å². The Bertz CT molecular complexity index is 399. The first-order chi connectivity index (χ1) is 5.68. The molecule has 0 atom stereocenters. The predicted octanol–water partition coefficient (Wildman–Crippen LogP) is 4.02. The van der Waals surface area contributed by atoms with Crippen LogP contribution in [0, 0.1) is 0 Å². The van der Waals surface area contributed by atoms with Crippen molar-refractivity contribution in [3.63, 3.8) is 0 Å². The highest BCUT2D eigenvalue weighted by Gasteiger charge is 2.06. The highest BCUT2D eigenvalue weighted by Crippen LogP contribution is 2.39. The third-order valence-corrected chi connectivity index (χ3v) is 3.80. The van der Waals surface area contributed by atoms with Gasteiger partial charge in [0.15, 0.2) is 0 Å². The SMILES string of the molecule is Oc1ccc(Br)c2sc(Cl)cc12. The zero-order chi connectivity index (χ0) is 8.72. The summed E-state index contributed by atoms with van der Waals surface area (Å²) in [5, 5.41) is 10.2. The van der Waals surface area contributed by atoms with Crippen LogP contribution in [0.2, 0.25) is 4.34 Å². The van der Waals surface area contributed by atoms with Gasteiger partial charge in [-0.25, -0.2) is 0 Å². The Labute approximate surface area is 86.7 Å². The Morgan fingerprint density at radius 3 is 2.83 bits per heavy atom. The largest absolute Gasteiger partial charge is 0.507 e. The molecule has 12 heavy (non-hydrogen) atoms. The molecule has 1 nitrogen and oxygen atoms in total. The number of hydrogen-bond acceptors (Lipinski definition) is 2. The average Bonchev–Trinajstić information content (AvgIpc) is 2.41. The number of aromatic hydroxyl groups is 1. The van der Waals surface area contributed by atoms with Crippen LogP contribution in [0.15, 0.2) is 22.7 Å². The molecule has 0 aliphatic rings. The number of rotatable bonds is 0. The van der Waals surface area contributed by atoms with Gasteiger partial charge in [0.1, 0.15) is 5.75 Å². The fraction of sp³-hybridized carbons (Fsp3) is 0. The van der Waals surface area contributed by atoms with E-state index in [-0.39, 0.29) is 5.75 Å². The number of phenols is 1. The quantitative estimate of drug-likeness (QED) is 0.761. The minimum absolute atomic E-state index is 0.274. The van der Waals surface area contributed by atoms with Gasteiger partial charge in [0.2, 0.25) is 0 Å². The molecule has 0 unspecified atom stereocenters. The molecule has 2 rings (SSSR count). The molecule has 0 spiro atoms. The zero-order valence-corrected chi connectivity index (χ0v) is 9.00. The number of benzene rings is 1. The van der Waals surface area contributed by atoms with E-state index < -0.39 is 0 Å². The van der Waals surface area contributed by atoms with Crippen molar-refractivity contribution in [3.8, 4) is 5.75 Å². The van der Waals surface area contributed by atoms with Crippen LogP contribution in [0.5, 0.6) is 5.75 Å². The standard InChI is InChI=1S/C8H4BrClOS/c9-5-1-2-6(11)4-3-7(10)12-8(4)5/h1-3,11H. The molecule has 0 aliphatic heterocycles. The van der Waals surface area contributed by atoms with Gasteiger partial charge >= 0.3 is 0 Å². The Hall–Kier alpha value is -0.250. The average molecular weight is 264 g/mol. The maximum Gasteiger partial charge on any atom is 0.124 e. The fourth-order valence-electron chi connectivity index (χ4n) is 1.05. The van der Waals surface area contributed by atoms with Crippen LogP contribution < -0.4 is 0 Å². The van der Waals surface area contributed by atoms with E-state index in [1.807, 2.05) is 6.07 Å². The molecule has 62 valence electrons. The fourth-order valence-corrected chi connectivity index (χ4v) is 2.79. The molecule has 1 heterocycles. The second-order valence-corrected chi connectivity index (χ2v) is 4.90. The summed E-state index contributed by atoms with van der Waals surface area (Å²) in [4.78, 5) is 0. The number of thiophene rings is 1. The van der Waals surface area contributed by atoms with Crippen molar-refractivity contribution in [1.29, 1.82) is 0 Å². The smallest absolute Gasteiger partial charge is 0.124 e. The van der Waals surface area contributed by atoms with E-state index in [0.29, 0.717) is 4.34 Å². The molecule has 1 aromatic carbocycles. The lowest BCUT2D eigenvalue weighted by Gasteiger charge is -1.95. The van der Waals surface area contributed by atoms with E-state index in [1.54, 1.807) is 12.1 Å². The van der Waals surface area contributed by atoms with Crippen LogP contribution in [0.25, 0.3) is 10.1 Å². The minimum Gasteiger partial charge on any atom is -0.507 e. The monoisotopic (exact) mass is 262 g/mol. The lowest BCUT2D eigenvalue weighted by molar-refractivity contribution is 0.481. The summed E-state index contributed by atoms with van der Waals surface area (Å²) in [7, 11) is 0. The van der Waals surface area contributed by atoms with Gasteiger partial charge in [-0.05, 0) is 34.1 Å². The first-order valence-corrected chi connectivity index (χ1v) is 5.24. The normalized spacial score (nSPS) is 10.8. The first-order valence-electron chi connectivity index (χ1n) is 3.25. The van der Waals surface area contributed by atoms with Gasteiger partial charge in [-0.15, -0.1) is 11.3 Å². The van der Waals surface area contributed by atoms with Crippen molar-refractivity contribution in [2.45, 2.75) is 0 Å². The summed E-state index contributed by atoms with van der Waals surface area (Å²) in [6, 6.07) is 5.22. The maximum atomic E-state index is 9.44. The summed E-state index contributed by atoms with van der Waals surface area (Å²) < 4.78 is 2.64. The summed E-state index contributed by atoms with van der Waals surface area (Å²) in [5.74, 6) is 0.274. The van der Waals surface area contributed by atoms with Crippen molar-refractivity contribution in [1.82, 2.24) is 0 Å². The molecule has 0 saturated carbocycles. The summed E-state index contributed by atoms with van der Waals surface area (Å²) >= 11 is 10.7. The topological polar surface area (TPSA) is 20.2 Å². The highest BCUT2D eigenvalue weighted by molar-refractivity contribution is 9.10.